The molecule has 0 fully saturated rings. The zero-order valence-electron chi connectivity index (χ0n) is 9.96. The van der Waals surface area contributed by atoms with Crippen molar-refractivity contribution in [2.24, 2.45) is 0 Å². The molecule has 6 nitrogen and oxygen atoms in total. The number of halogens is 1. The first-order valence-corrected chi connectivity index (χ1v) is 5.56. The molecule has 0 aliphatic carbocycles. The van der Waals surface area contributed by atoms with Crippen LogP contribution in [0.25, 0.3) is 11.3 Å². The second kappa shape index (κ2) is 4.66. The lowest BCUT2D eigenvalue weighted by Crippen LogP contribution is -2.30. The number of rotatable bonds is 2. The average molecular weight is 266 g/mol. The van der Waals surface area contributed by atoms with E-state index in [2.05, 4.69) is 10.1 Å². The zero-order chi connectivity index (χ0) is 13.3. The SMILES string of the molecule is CN(C)c1nc(=O)c(-c2ccc(Cl)cc2)nn1N. The van der Waals surface area contributed by atoms with E-state index >= 15 is 0 Å². The van der Waals surface area contributed by atoms with E-state index in [1.54, 1.807) is 43.3 Å². The van der Waals surface area contributed by atoms with Gasteiger partial charge in [0.1, 0.15) is 0 Å². The van der Waals surface area contributed by atoms with Gasteiger partial charge in [-0.3, -0.25) is 4.79 Å². The van der Waals surface area contributed by atoms with Crippen LogP contribution in [0.5, 0.6) is 0 Å². The maximum absolute atomic E-state index is 11.9. The summed E-state index contributed by atoms with van der Waals surface area (Å²) in [4.78, 5) is 18.4. The Morgan fingerprint density at radius 1 is 1.28 bits per heavy atom. The van der Waals surface area contributed by atoms with Crippen LogP contribution in [0, 0.1) is 0 Å². The second-order valence-electron chi connectivity index (χ2n) is 3.91. The summed E-state index contributed by atoms with van der Waals surface area (Å²) in [6.07, 6.45) is 0. The molecular formula is C11H12ClN5O. The van der Waals surface area contributed by atoms with E-state index in [9.17, 15) is 4.79 Å². The van der Waals surface area contributed by atoms with Crippen LogP contribution < -0.4 is 16.3 Å². The Hall–Kier alpha value is -2.08. The van der Waals surface area contributed by atoms with E-state index in [1.807, 2.05) is 0 Å². The summed E-state index contributed by atoms with van der Waals surface area (Å²) in [6.45, 7) is 0. The highest BCUT2D eigenvalue weighted by Gasteiger charge is 2.11. The third-order valence-corrected chi connectivity index (χ3v) is 2.59. The summed E-state index contributed by atoms with van der Waals surface area (Å²) in [7, 11) is 3.46. The Morgan fingerprint density at radius 3 is 2.44 bits per heavy atom. The molecule has 0 aliphatic heterocycles. The van der Waals surface area contributed by atoms with Gasteiger partial charge in [-0.15, -0.1) is 9.89 Å². The molecule has 1 aromatic heterocycles. The van der Waals surface area contributed by atoms with E-state index in [4.69, 9.17) is 17.4 Å². The van der Waals surface area contributed by atoms with Gasteiger partial charge < -0.3 is 10.7 Å². The lowest BCUT2D eigenvalue weighted by molar-refractivity contribution is 0.742. The molecule has 0 saturated heterocycles. The molecule has 7 heteroatoms. The van der Waals surface area contributed by atoms with Crippen LogP contribution in [-0.4, -0.2) is 29.0 Å². The first kappa shape index (κ1) is 12.4. The van der Waals surface area contributed by atoms with Gasteiger partial charge >= 0.3 is 5.56 Å². The highest BCUT2D eigenvalue weighted by atomic mass is 35.5. The number of benzene rings is 1. The summed E-state index contributed by atoms with van der Waals surface area (Å²) in [6, 6.07) is 6.75. The Morgan fingerprint density at radius 2 is 1.89 bits per heavy atom. The van der Waals surface area contributed by atoms with Gasteiger partial charge in [0.2, 0.25) is 5.95 Å². The highest BCUT2D eigenvalue weighted by molar-refractivity contribution is 6.30. The fraction of sp³-hybridized carbons (Fsp3) is 0.182. The Labute approximate surface area is 109 Å². The molecule has 0 radical (unpaired) electrons. The molecular weight excluding hydrogens is 254 g/mol. The normalized spacial score (nSPS) is 10.4. The minimum absolute atomic E-state index is 0.194. The zero-order valence-corrected chi connectivity index (χ0v) is 10.7. The van der Waals surface area contributed by atoms with Crippen molar-refractivity contribution in [2.45, 2.75) is 0 Å². The number of nitrogens with two attached hydrogens (primary N) is 1. The highest BCUT2D eigenvalue weighted by Crippen LogP contribution is 2.16. The van der Waals surface area contributed by atoms with Crippen LogP contribution in [-0.2, 0) is 0 Å². The third-order valence-electron chi connectivity index (χ3n) is 2.33. The predicted molar refractivity (Wildman–Crippen MR) is 71.2 cm³/mol. The van der Waals surface area contributed by atoms with Crippen molar-refractivity contribution in [1.82, 2.24) is 14.9 Å². The van der Waals surface area contributed by atoms with Crippen LogP contribution in [0.4, 0.5) is 5.95 Å². The van der Waals surface area contributed by atoms with E-state index in [1.165, 1.54) is 0 Å². The minimum Gasteiger partial charge on any atom is -0.346 e. The van der Waals surface area contributed by atoms with Gasteiger partial charge in [-0.05, 0) is 12.1 Å². The fourth-order valence-electron chi connectivity index (χ4n) is 1.48. The molecule has 1 heterocycles. The Balaban J connectivity index is 2.56. The number of hydrogen-bond donors (Lipinski definition) is 1. The van der Waals surface area contributed by atoms with Crippen molar-refractivity contribution in [3.05, 3.63) is 39.6 Å². The molecule has 0 spiro atoms. The van der Waals surface area contributed by atoms with Gasteiger partial charge in [0.15, 0.2) is 5.69 Å². The second-order valence-corrected chi connectivity index (χ2v) is 4.35. The minimum atomic E-state index is -0.428. The molecule has 0 aliphatic rings. The van der Waals surface area contributed by atoms with Crippen molar-refractivity contribution < 1.29 is 0 Å². The molecule has 0 saturated carbocycles. The molecule has 18 heavy (non-hydrogen) atoms. The molecule has 2 aromatic rings. The molecule has 94 valence electrons. The van der Waals surface area contributed by atoms with Gasteiger partial charge in [-0.25, -0.2) is 0 Å². The van der Waals surface area contributed by atoms with E-state index in [0.717, 1.165) is 4.79 Å². The molecule has 0 amide bonds. The van der Waals surface area contributed by atoms with Crippen LogP contribution >= 0.6 is 11.6 Å². The Kier molecular flexibility index (Phi) is 3.20. The number of aromatic nitrogens is 3. The maximum Gasteiger partial charge on any atom is 0.301 e. The molecule has 2 rings (SSSR count). The van der Waals surface area contributed by atoms with E-state index in [0.29, 0.717) is 10.6 Å². The smallest absolute Gasteiger partial charge is 0.301 e. The summed E-state index contributed by atoms with van der Waals surface area (Å²) >= 11 is 5.79. The summed E-state index contributed by atoms with van der Waals surface area (Å²) in [5.41, 5.74) is 0.392. The average Bonchev–Trinajstić information content (AvgIpc) is 2.32. The van der Waals surface area contributed by atoms with Gasteiger partial charge in [0.05, 0.1) is 0 Å². The van der Waals surface area contributed by atoms with Crippen molar-refractivity contribution in [3.63, 3.8) is 0 Å². The number of hydrogen-bond acceptors (Lipinski definition) is 5. The molecule has 0 atom stereocenters. The number of nitrogen functional groups attached to an aromatic ring is 1. The molecule has 2 N–H and O–H groups in total. The monoisotopic (exact) mass is 265 g/mol. The van der Waals surface area contributed by atoms with Crippen molar-refractivity contribution >= 4 is 17.5 Å². The van der Waals surface area contributed by atoms with Crippen molar-refractivity contribution in [3.8, 4) is 11.3 Å². The lowest BCUT2D eigenvalue weighted by atomic mass is 10.2. The van der Waals surface area contributed by atoms with Crippen molar-refractivity contribution in [2.75, 3.05) is 24.8 Å². The summed E-state index contributed by atoms with van der Waals surface area (Å²) in [5.74, 6) is 5.98. The first-order chi connectivity index (χ1) is 8.49. The van der Waals surface area contributed by atoms with Crippen LogP contribution in [0.1, 0.15) is 0 Å². The van der Waals surface area contributed by atoms with Crippen LogP contribution in [0.2, 0.25) is 5.02 Å². The number of anilines is 1. The largest absolute Gasteiger partial charge is 0.346 e. The van der Waals surface area contributed by atoms with Gasteiger partial charge in [-0.2, -0.15) is 4.98 Å². The van der Waals surface area contributed by atoms with E-state index < -0.39 is 5.56 Å². The van der Waals surface area contributed by atoms with Gasteiger partial charge in [-0.1, -0.05) is 23.7 Å². The van der Waals surface area contributed by atoms with Crippen LogP contribution in [0.15, 0.2) is 29.1 Å². The predicted octanol–water partition coefficient (Wildman–Crippen LogP) is 0.739. The molecule has 0 bridgehead atoms. The van der Waals surface area contributed by atoms with E-state index in [-0.39, 0.29) is 11.6 Å². The number of nitrogens with zero attached hydrogens (tertiary/aromatic N) is 4. The topological polar surface area (TPSA) is 77.0 Å². The summed E-state index contributed by atoms with van der Waals surface area (Å²) in [5, 5.41) is 4.62. The first-order valence-electron chi connectivity index (χ1n) is 5.19. The molecule has 0 unspecified atom stereocenters. The van der Waals surface area contributed by atoms with Gasteiger partial charge in [0, 0.05) is 24.7 Å². The van der Waals surface area contributed by atoms with Crippen LogP contribution in [0.3, 0.4) is 0 Å². The van der Waals surface area contributed by atoms with Gasteiger partial charge in [0.25, 0.3) is 0 Å². The quantitative estimate of drug-likeness (QED) is 0.811. The molecule has 1 aromatic carbocycles. The summed E-state index contributed by atoms with van der Waals surface area (Å²) < 4.78 is 0. The third kappa shape index (κ3) is 2.28. The Bertz CT molecular complexity index is 620. The maximum atomic E-state index is 11.9. The standard InChI is InChI=1S/C11H12ClN5O/c1-16(2)11-14-10(18)9(15-17(11)13)7-3-5-8(12)6-4-7/h3-6H,13H2,1-2H3. The lowest BCUT2D eigenvalue weighted by Gasteiger charge is -2.14. The van der Waals surface area contributed by atoms with Crippen molar-refractivity contribution in [1.29, 1.82) is 0 Å². The fourth-order valence-corrected chi connectivity index (χ4v) is 1.61.